The molecule has 0 fully saturated rings. The Bertz CT molecular complexity index is 2130. The summed E-state index contributed by atoms with van der Waals surface area (Å²) in [7, 11) is 0. The molecule has 8 aromatic rings. The van der Waals surface area contributed by atoms with E-state index in [4.69, 9.17) is 15.0 Å². The smallest absolute Gasteiger partial charge is 0.164 e. The summed E-state index contributed by atoms with van der Waals surface area (Å²) in [5.41, 5.74) is 11.3. The van der Waals surface area contributed by atoms with Crippen molar-refractivity contribution in [2.75, 3.05) is 0 Å². The molecule has 0 saturated carbocycles. The highest BCUT2D eigenvalue weighted by Gasteiger charge is 2.15. The number of hydrogen-bond acceptors (Lipinski definition) is 5. The van der Waals surface area contributed by atoms with E-state index in [1.54, 1.807) is 12.4 Å². The van der Waals surface area contributed by atoms with E-state index in [2.05, 4.69) is 137 Å². The van der Waals surface area contributed by atoms with Gasteiger partial charge in [-0.05, 0) is 63.7 Å². The van der Waals surface area contributed by atoms with Gasteiger partial charge in [-0.1, -0.05) is 121 Å². The average molecular weight is 616 g/mol. The molecule has 0 aliphatic carbocycles. The molecular formula is C43H29N5. The van der Waals surface area contributed by atoms with Gasteiger partial charge in [0.05, 0.1) is 0 Å². The molecule has 8 rings (SSSR count). The van der Waals surface area contributed by atoms with Crippen LogP contribution >= 0.6 is 0 Å². The van der Waals surface area contributed by atoms with E-state index < -0.39 is 0 Å². The summed E-state index contributed by atoms with van der Waals surface area (Å²) in [5, 5.41) is 0. The van der Waals surface area contributed by atoms with E-state index in [1.807, 2.05) is 36.7 Å². The number of pyridine rings is 2. The molecule has 0 saturated heterocycles. The minimum atomic E-state index is 0.588. The molecule has 0 N–H and O–H groups in total. The first-order valence-corrected chi connectivity index (χ1v) is 15.8. The summed E-state index contributed by atoms with van der Waals surface area (Å²) in [6.45, 7) is 0. The van der Waals surface area contributed by atoms with Crippen LogP contribution in [0, 0.1) is 0 Å². The Morgan fingerprint density at radius 1 is 0.250 bits per heavy atom. The number of benzene rings is 5. The van der Waals surface area contributed by atoms with Gasteiger partial charge in [0.15, 0.2) is 17.5 Å². The fourth-order valence-electron chi connectivity index (χ4n) is 5.80. The van der Waals surface area contributed by atoms with E-state index in [-0.39, 0.29) is 0 Å². The molecule has 0 radical (unpaired) electrons. The third-order valence-electron chi connectivity index (χ3n) is 8.32. The Kier molecular flexibility index (Phi) is 7.83. The van der Waals surface area contributed by atoms with Crippen LogP contribution in [0.5, 0.6) is 0 Å². The monoisotopic (exact) mass is 615 g/mol. The highest BCUT2D eigenvalue weighted by molar-refractivity contribution is 5.80. The number of aromatic nitrogens is 5. The van der Waals surface area contributed by atoms with Gasteiger partial charge >= 0.3 is 0 Å². The molecule has 0 atom stereocenters. The summed E-state index contributed by atoms with van der Waals surface area (Å²) in [6.07, 6.45) is 7.32. The lowest BCUT2D eigenvalue weighted by Gasteiger charge is -2.12. The van der Waals surface area contributed by atoms with Crippen LogP contribution in [0.1, 0.15) is 0 Å². The fraction of sp³-hybridized carbons (Fsp3) is 0. The Morgan fingerprint density at radius 2 is 0.583 bits per heavy atom. The normalized spacial score (nSPS) is 10.9. The van der Waals surface area contributed by atoms with Crippen molar-refractivity contribution < 1.29 is 0 Å². The van der Waals surface area contributed by atoms with E-state index in [9.17, 15) is 0 Å². The average Bonchev–Trinajstić information content (AvgIpc) is 3.19. The lowest BCUT2D eigenvalue weighted by Crippen LogP contribution is -2.01. The van der Waals surface area contributed by atoms with Crippen molar-refractivity contribution in [2.45, 2.75) is 0 Å². The second kappa shape index (κ2) is 13.0. The van der Waals surface area contributed by atoms with Crippen LogP contribution in [0.2, 0.25) is 0 Å². The summed E-state index contributed by atoms with van der Waals surface area (Å²) in [6, 6.07) is 51.9. The molecule has 0 aliphatic rings. The standard InChI is InChI=1S/C43H29N5/c1-3-9-30(10-4-1)32-15-19-34(20-16-32)41-46-42(35-21-17-33(18-22-35)31-11-5-2-6-12-31)48-43(47-41)40-26-38(36-13-7-23-44-28-36)25-39(27-40)37-14-8-24-45-29-37/h1-29H. The highest BCUT2D eigenvalue weighted by atomic mass is 15.0. The van der Waals surface area contributed by atoms with Gasteiger partial charge in [0, 0.05) is 52.6 Å². The molecular weight excluding hydrogens is 587 g/mol. The zero-order chi connectivity index (χ0) is 32.1. The Labute approximate surface area is 279 Å². The maximum absolute atomic E-state index is 5.08. The number of nitrogens with zero attached hydrogens (tertiary/aromatic N) is 5. The zero-order valence-electron chi connectivity index (χ0n) is 26.0. The van der Waals surface area contributed by atoms with Crippen molar-refractivity contribution >= 4 is 0 Å². The molecule has 3 heterocycles. The molecule has 48 heavy (non-hydrogen) atoms. The second-order valence-electron chi connectivity index (χ2n) is 11.5. The van der Waals surface area contributed by atoms with Crippen LogP contribution in [-0.2, 0) is 0 Å². The quantitative estimate of drug-likeness (QED) is 0.178. The predicted octanol–water partition coefficient (Wildman–Crippen LogP) is 10.3. The van der Waals surface area contributed by atoms with Gasteiger partial charge in [-0.2, -0.15) is 0 Å². The summed E-state index contributed by atoms with van der Waals surface area (Å²) >= 11 is 0. The van der Waals surface area contributed by atoms with Crippen molar-refractivity contribution in [2.24, 2.45) is 0 Å². The first-order valence-electron chi connectivity index (χ1n) is 15.8. The van der Waals surface area contributed by atoms with E-state index in [1.165, 1.54) is 0 Å². The van der Waals surface area contributed by atoms with Crippen molar-refractivity contribution in [3.8, 4) is 78.7 Å². The summed E-state index contributed by atoms with van der Waals surface area (Å²) < 4.78 is 0. The SMILES string of the molecule is c1ccc(-c2ccc(-c3nc(-c4ccc(-c5ccccc5)cc4)nc(-c4cc(-c5cccnc5)cc(-c5cccnc5)c4)n3)cc2)cc1. The molecule has 5 nitrogen and oxygen atoms in total. The Hall–Kier alpha value is -6.59. The molecule has 226 valence electrons. The molecule has 5 aromatic carbocycles. The number of rotatable bonds is 7. The third-order valence-corrected chi connectivity index (χ3v) is 8.32. The van der Waals surface area contributed by atoms with Gasteiger partial charge in [0.1, 0.15) is 0 Å². The van der Waals surface area contributed by atoms with Crippen molar-refractivity contribution in [1.82, 2.24) is 24.9 Å². The van der Waals surface area contributed by atoms with Crippen LogP contribution in [-0.4, -0.2) is 24.9 Å². The van der Waals surface area contributed by atoms with Gasteiger partial charge in [0.2, 0.25) is 0 Å². The first kappa shape index (κ1) is 28.9. The zero-order valence-corrected chi connectivity index (χ0v) is 26.0. The van der Waals surface area contributed by atoms with E-state index >= 15 is 0 Å². The molecule has 0 bridgehead atoms. The maximum atomic E-state index is 5.08. The van der Waals surface area contributed by atoms with Gasteiger partial charge in [-0.3, -0.25) is 9.97 Å². The van der Waals surface area contributed by atoms with E-state index in [0.717, 1.165) is 61.2 Å². The van der Waals surface area contributed by atoms with E-state index in [0.29, 0.717) is 17.5 Å². The minimum absolute atomic E-state index is 0.588. The van der Waals surface area contributed by atoms with Crippen LogP contribution in [0.15, 0.2) is 176 Å². The van der Waals surface area contributed by atoms with Gasteiger partial charge < -0.3 is 0 Å². The molecule has 5 heteroatoms. The summed E-state index contributed by atoms with van der Waals surface area (Å²) in [4.78, 5) is 23.9. The molecule has 0 amide bonds. The first-order chi connectivity index (χ1) is 23.8. The van der Waals surface area contributed by atoms with Gasteiger partial charge in [-0.15, -0.1) is 0 Å². The van der Waals surface area contributed by atoms with Crippen LogP contribution < -0.4 is 0 Å². The minimum Gasteiger partial charge on any atom is -0.264 e. The summed E-state index contributed by atoms with van der Waals surface area (Å²) in [5.74, 6) is 1.80. The lowest BCUT2D eigenvalue weighted by atomic mass is 9.97. The molecule has 0 unspecified atom stereocenters. The van der Waals surface area contributed by atoms with Gasteiger partial charge in [-0.25, -0.2) is 15.0 Å². The molecule has 0 spiro atoms. The maximum Gasteiger partial charge on any atom is 0.164 e. The van der Waals surface area contributed by atoms with Crippen molar-refractivity contribution in [3.05, 3.63) is 176 Å². The lowest BCUT2D eigenvalue weighted by molar-refractivity contribution is 1.07. The van der Waals surface area contributed by atoms with Gasteiger partial charge in [0.25, 0.3) is 0 Å². The second-order valence-corrected chi connectivity index (χ2v) is 11.5. The largest absolute Gasteiger partial charge is 0.264 e. The molecule has 0 aliphatic heterocycles. The Morgan fingerprint density at radius 3 is 0.979 bits per heavy atom. The van der Waals surface area contributed by atoms with Crippen molar-refractivity contribution in [3.63, 3.8) is 0 Å². The van der Waals surface area contributed by atoms with Crippen LogP contribution in [0.3, 0.4) is 0 Å². The fourth-order valence-corrected chi connectivity index (χ4v) is 5.80. The van der Waals surface area contributed by atoms with Crippen LogP contribution in [0.4, 0.5) is 0 Å². The van der Waals surface area contributed by atoms with Crippen LogP contribution in [0.25, 0.3) is 78.7 Å². The predicted molar refractivity (Wildman–Crippen MR) is 193 cm³/mol. The Balaban J connectivity index is 1.28. The number of hydrogen-bond donors (Lipinski definition) is 0. The topological polar surface area (TPSA) is 64.5 Å². The highest BCUT2D eigenvalue weighted by Crippen LogP contribution is 2.33. The van der Waals surface area contributed by atoms with Crippen molar-refractivity contribution in [1.29, 1.82) is 0 Å². The third kappa shape index (κ3) is 6.13. The molecule has 3 aromatic heterocycles.